The lowest BCUT2D eigenvalue weighted by atomic mass is 10.1. The number of aliphatic hydroxyl groups excluding tert-OH is 1. The average molecular weight is 236 g/mol. The summed E-state index contributed by atoms with van der Waals surface area (Å²) in [7, 11) is 0. The second-order valence-corrected chi connectivity index (χ2v) is 5.55. The van der Waals surface area contributed by atoms with Gasteiger partial charge < -0.3 is 5.11 Å². The molecule has 0 bridgehead atoms. The van der Waals surface area contributed by atoms with Gasteiger partial charge in [0.15, 0.2) is 0 Å². The third-order valence-corrected chi connectivity index (χ3v) is 4.13. The number of carbonyl (C=O) groups is 1. The van der Waals surface area contributed by atoms with E-state index in [9.17, 15) is 9.90 Å². The van der Waals surface area contributed by atoms with E-state index in [1.165, 1.54) is 12.8 Å². The molecule has 0 saturated heterocycles. The first-order valence-corrected chi connectivity index (χ1v) is 6.83. The Balaban J connectivity index is 1.75. The van der Waals surface area contributed by atoms with Crippen molar-refractivity contribution >= 4 is 11.6 Å². The van der Waals surface area contributed by atoms with Crippen molar-refractivity contribution in [3.05, 3.63) is 0 Å². The predicted octanol–water partition coefficient (Wildman–Crippen LogP) is 1.68. The Kier molecular flexibility index (Phi) is 2.90. The molecule has 3 aliphatic rings. The highest BCUT2D eigenvalue weighted by Gasteiger charge is 2.39. The largest absolute Gasteiger partial charge is 0.391 e. The quantitative estimate of drug-likeness (QED) is 0.742. The molecule has 1 amide bonds. The molecule has 4 nitrogen and oxygen atoms in total. The Bertz CT molecular complexity index is 349. The Morgan fingerprint density at radius 1 is 1.12 bits per heavy atom. The molecule has 2 aliphatic carbocycles. The topological polar surface area (TPSA) is 52.9 Å². The monoisotopic (exact) mass is 236 g/mol. The molecule has 3 rings (SSSR count). The number of aliphatic hydroxyl groups is 1. The van der Waals surface area contributed by atoms with Crippen LogP contribution in [0.4, 0.5) is 0 Å². The van der Waals surface area contributed by atoms with Gasteiger partial charge in [-0.2, -0.15) is 5.10 Å². The molecule has 1 aliphatic heterocycles. The van der Waals surface area contributed by atoms with Crippen molar-refractivity contribution in [2.75, 3.05) is 0 Å². The van der Waals surface area contributed by atoms with Gasteiger partial charge in [-0.05, 0) is 31.6 Å². The van der Waals surface area contributed by atoms with Gasteiger partial charge in [0.25, 0.3) is 0 Å². The molecule has 2 fully saturated rings. The fourth-order valence-electron chi connectivity index (χ4n) is 2.92. The summed E-state index contributed by atoms with van der Waals surface area (Å²) in [5, 5.41) is 16.2. The molecular formula is C13H20N2O2. The van der Waals surface area contributed by atoms with Crippen molar-refractivity contribution in [3.63, 3.8) is 0 Å². The van der Waals surface area contributed by atoms with Gasteiger partial charge in [-0.1, -0.05) is 19.3 Å². The molecule has 17 heavy (non-hydrogen) atoms. The molecular weight excluding hydrogens is 216 g/mol. The van der Waals surface area contributed by atoms with Crippen molar-refractivity contribution in [1.82, 2.24) is 5.01 Å². The summed E-state index contributed by atoms with van der Waals surface area (Å²) < 4.78 is 0. The smallest absolute Gasteiger partial charge is 0.248 e. The van der Waals surface area contributed by atoms with Crippen LogP contribution in [0.25, 0.3) is 0 Å². The molecule has 4 heteroatoms. The first kappa shape index (κ1) is 11.2. The van der Waals surface area contributed by atoms with Crippen LogP contribution in [0, 0.1) is 5.92 Å². The van der Waals surface area contributed by atoms with Gasteiger partial charge in [0.2, 0.25) is 5.91 Å². The molecule has 0 spiro atoms. The fourth-order valence-corrected chi connectivity index (χ4v) is 2.92. The number of hydrogen-bond donors (Lipinski definition) is 1. The van der Waals surface area contributed by atoms with Crippen molar-refractivity contribution < 1.29 is 9.90 Å². The number of hydrogen-bond acceptors (Lipinski definition) is 3. The van der Waals surface area contributed by atoms with E-state index in [1.54, 1.807) is 5.01 Å². The number of nitrogens with zero attached hydrogens (tertiary/aromatic N) is 2. The van der Waals surface area contributed by atoms with Crippen molar-refractivity contribution in [2.24, 2.45) is 11.0 Å². The Hall–Kier alpha value is -0.900. The Labute approximate surface area is 102 Å². The van der Waals surface area contributed by atoms with Gasteiger partial charge in [-0.3, -0.25) is 4.79 Å². The fraction of sp³-hybridized carbons (Fsp3) is 0.846. The number of carbonyl (C=O) groups excluding carboxylic acids is 1. The summed E-state index contributed by atoms with van der Waals surface area (Å²) in [5.74, 6) is 0.657. The second kappa shape index (κ2) is 4.41. The van der Waals surface area contributed by atoms with Crippen LogP contribution in [0.2, 0.25) is 0 Å². The minimum atomic E-state index is -0.385. The molecule has 0 aromatic heterocycles. The first-order valence-electron chi connectivity index (χ1n) is 6.83. The van der Waals surface area contributed by atoms with Crippen LogP contribution in [-0.2, 0) is 4.79 Å². The van der Waals surface area contributed by atoms with E-state index < -0.39 is 0 Å². The SMILES string of the molecule is O=C1CC(C2CC2)=NN1C1CCCCCC1O. The predicted molar refractivity (Wildman–Crippen MR) is 64.5 cm³/mol. The van der Waals surface area contributed by atoms with E-state index in [0.29, 0.717) is 12.3 Å². The highest BCUT2D eigenvalue weighted by molar-refractivity contribution is 6.07. The number of amides is 1. The maximum Gasteiger partial charge on any atom is 0.248 e. The van der Waals surface area contributed by atoms with E-state index in [2.05, 4.69) is 5.10 Å². The van der Waals surface area contributed by atoms with Gasteiger partial charge >= 0.3 is 0 Å². The van der Waals surface area contributed by atoms with Crippen LogP contribution in [0.5, 0.6) is 0 Å². The summed E-state index contributed by atoms with van der Waals surface area (Å²) in [5.41, 5.74) is 1.06. The summed E-state index contributed by atoms with van der Waals surface area (Å²) >= 11 is 0. The molecule has 94 valence electrons. The lowest BCUT2D eigenvalue weighted by molar-refractivity contribution is -0.133. The van der Waals surface area contributed by atoms with E-state index in [0.717, 1.165) is 37.8 Å². The van der Waals surface area contributed by atoms with Crippen LogP contribution >= 0.6 is 0 Å². The van der Waals surface area contributed by atoms with Crippen LogP contribution in [0.1, 0.15) is 51.4 Å². The minimum Gasteiger partial charge on any atom is -0.391 e. The highest BCUT2D eigenvalue weighted by atomic mass is 16.3. The second-order valence-electron chi connectivity index (χ2n) is 5.55. The molecule has 0 aromatic rings. The van der Waals surface area contributed by atoms with E-state index in [1.807, 2.05) is 0 Å². The molecule has 2 unspecified atom stereocenters. The third-order valence-electron chi connectivity index (χ3n) is 4.13. The van der Waals surface area contributed by atoms with Crippen LogP contribution in [-0.4, -0.2) is 33.9 Å². The Morgan fingerprint density at radius 2 is 1.88 bits per heavy atom. The molecule has 2 atom stereocenters. The normalized spacial score (nSPS) is 34.8. The van der Waals surface area contributed by atoms with Gasteiger partial charge in [0.1, 0.15) is 0 Å². The lowest BCUT2D eigenvalue weighted by Crippen LogP contribution is -2.41. The summed E-state index contributed by atoms with van der Waals surface area (Å²) in [6.07, 6.45) is 7.52. The zero-order chi connectivity index (χ0) is 11.8. The van der Waals surface area contributed by atoms with Gasteiger partial charge in [-0.25, -0.2) is 5.01 Å². The number of rotatable bonds is 2. The average Bonchev–Trinajstić information content (AvgIpc) is 3.09. The van der Waals surface area contributed by atoms with Gasteiger partial charge in [0.05, 0.1) is 24.3 Å². The molecule has 0 aromatic carbocycles. The first-order chi connectivity index (χ1) is 8.25. The summed E-state index contributed by atoms with van der Waals surface area (Å²) in [6.45, 7) is 0. The minimum absolute atomic E-state index is 0.0683. The lowest BCUT2D eigenvalue weighted by Gasteiger charge is -2.27. The maximum atomic E-state index is 12.0. The number of hydrazone groups is 1. The molecule has 0 radical (unpaired) electrons. The Morgan fingerprint density at radius 3 is 2.65 bits per heavy atom. The van der Waals surface area contributed by atoms with E-state index in [-0.39, 0.29) is 18.1 Å². The molecule has 2 saturated carbocycles. The van der Waals surface area contributed by atoms with Crippen molar-refractivity contribution in [3.8, 4) is 0 Å². The summed E-state index contributed by atoms with van der Waals surface area (Å²) in [4.78, 5) is 12.0. The summed E-state index contributed by atoms with van der Waals surface area (Å²) in [6, 6.07) is -0.0683. The zero-order valence-electron chi connectivity index (χ0n) is 10.1. The van der Waals surface area contributed by atoms with Crippen LogP contribution in [0.15, 0.2) is 5.10 Å². The van der Waals surface area contributed by atoms with Gasteiger partial charge in [-0.15, -0.1) is 0 Å². The van der Waals surface area contributed by atoms with E-state index in [4.69, 9.17) is 0 Å². The van der Waals surface area contributed by atoms with Crippen molar-refractivity contribution in [1.29, 1.82) is 0 Å². The van der Waals surface area contributed by atoms with Gasteiger partial charge in [0, 0.05) is 0 Å². The van der Waals surface area contributed by atoms with Crippen LogP contribution < -0.4 is 0 Å². The van der Waals surface area contributed by atoms with Crippen molar-refractivity contribution in [2.45, 2.75) is 63.5 Å². The molecule has 1 heterocycles. The standard InChI is InChI=1S/C13H20N2O2/c16-12-5-3-1-2-4-11(12)15-13(17)8-10(14-15)9-6-7-9/h9,11-12,16H,1-8H2. The zero-order valence-corrected chi connectivity index (χ0v) is 10.1. The maximum absolute atomic E-state index is 12.0. The third kappa shape index (κ3) is 2.23. The van der Waals surface area contributed by atoms with E-state index >= 15 is 0 Å². The van der Waals surface area contributed by atoms with Crippen LogP contribution in [0.3, 0.4) is 0 Å². The molecule has 1 N–H and O–H groups in total. The highest BCUT2D eigenvalue weighted by Crippen LogP contribution is 2.35.